The molecule has 1 N–H and O–H groups in total. The molecule has 5 aromatic rings. The van der Waals surface area contributed by atoms with Crippen LogP contribution in [-0.4, -0.2) is 31.8 Å². The van der Waals surface area contributed by atoms with E-state index in [-0.39, 0.29) is 11.8 Å². The maximum atomic E-state index is 13.9. The number of halogens is 1. The third-order valence-corrected chi connectivity index (χ3v) is 7.28. The number of carbonyl (C=O) groups is 1. The van der Waals surface area contributed by atoms with Crippen molar-refractivity contribution in [3.8, 4) is 11.5 Å². The molecule has 7 heteroatoms. The zero-order valence-electron chi connectivity index (χ0n) is 21.8. The standard InChI is InChI=1S/C32H30FN5O/c1-2-28-27-22-37(32(39)34-20-19-23-10-5-3-6-11-23)30(24-15-17-25(33)18-16-24)29-14-9-21-36(29)31(27)38(35-28)26-12-7-4-8-13-26/h3-18,21,30H,2,19-20,22H2,1H3,(H,34,39)/t30-/m0/s1. The lowest BCUT2D eigenvalue weighted by Crippen LogP contribution is -2.42. The Morgan fingerprint density at radius 3 is 2.38 bits per heavy atom. The number of benzene rings is 3. The number of hydrogen-bond acceptors (Lipinski definition) is 2. The van der Waals surface area contributed by atoms with E-state index in [0.29, 0.717) is 13.1 Å². The van der Waals surface area contributed by atoms with Crippen molar-refractivity contribution in [2.45, 2.75) is 32.4 Å². The van der Waals surface area contributed by atoms with Crippen LogP contribution in [0.25, 0.3) is 11.5 Å². The lowest BCUT2D eigenvalue weighted by molar-refractivity contribution is 0.180. The Morgan fingerprint density at radius 1 is 0.949 bits per heavy atom. The number of urea groups is 1. The van der Waals surface area contributed by atoms with Gasteiger partial charge in [-0.25, -0.2) is 13.9 Å². The normalized spacial score (nSPS) is 14.4. The average Bonchev–Trinajstić information content (AvgIpc) is 3.56. The summed E-state index contributed by atoms with van der Waals surface area (Å²) < 4.78 is 18.0. The van der Waals surface area contributed by atoms with Gasteiger partial charge in [0.05, 0.1) is 29.7 Å². The number of amides is 2. The number of para-hydroxylation sites is 1. The first kappa shape index (κ1) is 24.7. The molecule has 0 unspecified atom stereocenters. The van der Waals surface area contributed by atoms with E-state index in [1.54, 1.807) is 12.1 Å². The van der Waals surface area contributed by atoms with Crippen LogP contribution in [0.1, 0.15) is 41.0 Å². The van der Waals surface area contributed by atoms with Crippen molar-refractivity contribution in [3.05, 3.63) is 137 Å². The van der Waals surface area contributed by atoms with Gasteiger partial charge in [-0.15, -0.1) is 0 Å². The van der Waals surface area contributed by atoms with Gasteiger partial charge >= 0.3 is 6.03 Å². The van der Waals surface area contributed by atoms with Crippen LogP contribution in [0, 0.1) is 5.82 Å². The van der Waals surface area contributed by atoms with Crippen molar-refractivity contribution in [2.75, 3.05) is 6.54 Å². The van der Waals surface area contributed by atoms with Crippen LogP contribution in [0.5, 0.6) is 0 Å². The summed E-state index contributed by atoms with van der Waals surface area (Å²) in [5.74, 6) is 0.614. The van der Waals surface area contributed by atoms with Gasteiger partial charge in [0.15, 0.2) is 0 Å². The Balaban J connectivity index is 1.45. The van der Waals surface area contributed by atoms with Crippen molar-refractivity contribution < 1.29 is 9.18 Å². The van der Waals surface area contributed by atoms with Gasteiger partial charge in [-0.1, -0.05) is 67.6 Å². The number of nitrogens with zero attached hydrogens (tertiary/aromatic N) is 4. The van der Waals surface area contributed by atoms with Crippen LogP contribution in [-0.2, 0) is 19.4 Å². The molecule has 1 atom stereocenters. The first-order chi connectivity index (χ1) is 19.1. The van der Waals surface area contributed by atoms with Gasteiger partial charge in [-0.2, -0.15) is 5.10 Å². The van der Waals surface area contributed by atoms with Crippen LogP contribution in [0.15, 0.2) is 103 Å². The quantitative estimate of drug-likeness (QED) is 0.290. The molecule has 1 aliphatic rings. The summed E-state index contributed by atoms with van der Waals surface area (Å²) in [5, 5.41) is 8.14. The molecule has 0 saturated carbocycles. The van der Waals surface area contributed by atoms with Crippen LogP contribution in [0.4, 0.5) is 9.18 Å². The Hall–Kier alpha value is -4.65. The lowest BCUT2D eigenvalue weighted by Gasteiger charge is -2.31. The minimum atomic E-state index is -0.418. The molecule has 39 heavy (non-hydrogen) atoms. The van der Waals surface area contributed by atoms with Crippen LogP contribution >= 0.6 is 0 Å². The van der Waals surface area contributed by atoms with E-state index in [1.165, 1.54) is 12.1 Å². The zero-order chi connectivity index (χ0) is 26.8. The smallest absolute Gasteiger partial charge is 0.318 e. The Labute approximate surface area is 227 Å². The Kier molecular flexibility index (Phi) is 6.71. The molecule has 0 radical (unpaired) electrons. The predicted molar refractivity (Wildman–Crippen MR) is 150 cm³/mol. The molecule has 1 aliphatic heterocycles. The van der Waals surface area contributed by atoms with Crippen LogP contribution in [0.2, 0.25) is 0 Å². The summed E-state index contributed by atoms with van der Waals surface area (Å²) in [6.07, 6.45) is 3.47. The molecule has 6 rings (SSSR count). The molecule has 2 aromatic heterocycles. The molecule has 0 saturated heterocycles. The highest BCUT2D eigenvalue weighted by atomic mass is 19.1. The molecule has 0 bridgehead atoms. The van der Waals surface area contributed by atoms with E-state index in [2.05, 4.69) is 28.9 Å². The fraction of sp³-hybridized carbons (Fsp3) is 0.188. The van der Waals surface area contributed by atoms with Crippen LogP contribution < -0.4 is 5.32 Å². The van der Waals surface area contributed by atoms with Crippen molar-refractivity contribution in [1.82, 2.24) is 24.6 Å². The lowest BCUT2D eigenvalue weighted by atomic mass is 10.0. The third-order valence-electron chi connectivity index (χ3n) is 7.28. The highest BCUT2D eigenvalue weighted by Crippen LogP contribution is 2.38. The Bertz CT molecular complexity index is 1570. The van der Waals surface area contributed by atoms with Gasteiger partial charge in [0, 0.05) is 18.3 Å². The molecular formula is C32H30FN5O. The van der Waals surface area contributed by atoms with E-state index in [0.717, 1.165) is 52.4 Å². The number of rotatable bonds is 6. The van der Waals surface area contributed by atoms with Crippen molar-refractivity contribution >= 4 is 6.03 Å². The molecule has 0 aliphatic carbocycles. The molecule has 2 amide bonds. The maximum absolute atomic E-state index is 13.9. The maximum Gasteiger partial charge on any atom is 0.318 e. The van der Waals surface area contributed by atoms with Crippen LogP contribution in [0.3, 0.4) is 0 Å². The molecular weight excluding hydrogens is 489 g/mol. The van der Waals surface area contributed by atoms with E-state index in [9.17, 15) is 9.18 Å². The fourth-order valence-electron chi connectivity index (χ4n) is 5.40. The highest BCUT2D eigenvalue weighted by Gasteiger charge is 2.36. The highest BCUT2D eigenvalue weighted by molar-refractivity contribution is 5.76. The summed E-state index contributed by atoms with van der Waals surface area (Å²) in [6, 6.07) is 30.0. The van der Waals surface area contributed by atoms with Gasteiger partial charge in [-0.3, -0.25) is 0 Å². The second-order valence-electron chi connectivity index (χ2n) is 9.70. The monoisotopic (exact) mass is 519 g/mol. The zero-order valence-corrected chi connectivity index (χ0v) is 21.8. The van der Waals surface area contributed by atoms with Gasteiger partial charge in [0.25, 0.3) is 0 Å². The number of hydrogen-bond donors (Lipinski definition) is 1. The van der Waals surface area contributed by atoms with E-state index >= 15 is 0 Å². The van der Waals surface area contributed by atoms with Crippen molar-refractivity contribution in [3.63, 3.8) is 0 Å². The van der Waals surface area contributed by atoms with Crippen molar-refractivity contribution in [2.24, 2.45) is 0 Å². The van der Waals surface area contributed by atoms with E-state index in [4.69, 9.17) is 5.10 Å². The largest absolute Gasteiger partial charge is 0.338 e. The SMILES string of the molecule is CCc1nn(-c2ccccc2)c2c1CN(C(=O)NCCc1ccccc1)[C@@H](c1ccc(F)cc1)c1cccn1-2. The number of aromatic nitrogens is 3. The predicted octanol–water partition coefficient (Wildman–Crippen LogP) is 6.22. The van der Waals surface area contributed by atoms with Gasteiger partial charge < -0.3 is 14.8 Å². The minimum Gasteiger partial charge on any atom is -0.338 e. The summed E-state index contributed by atoms with van der Waals surface area (Å²) in [5.41, 5.74) is 5.82. The molecule has 3 heterocycles. The second-order valence-corrected chi connectivity index (χ2v) is 9.70. The summed E-state index contributed by atoms with van der Waals surface area (Å²) in [7, 11) is 0. The summed E-state index contributed by atoms with van der Waals surface area (Å²) in [6.45, 7) is 2.96. The minimum absolute atomic E-state index is 0.171. The first-order valence-corrected chi connectivity index (χ1v) is 13.3. The first-order valence-electron chi connectivity index (χ1n) is 13.3. The number of carbonyl (C=O) groups excluding carboxylic acids is 1. The molecule has 3 aromatic carbocycles. The van der Waals surface area contributed by atoms with Gasteiger partial charge in [0.1, 0.15) is 11.6 Å². The van der Waals surface area contributed by atoms with E-state index in [1.807, 2.05) is 76.4 Å². The molecule has 0 fully saturated rings. The Morgan fingerprint density at radius 2 is 1.67 bits per heavy atom. The molecule has 196 valence electrons. The molecule has 0 spiro atoms. The summed E-state index contributed by atoms with van der Waals surface area (Å²) in [4.78, 5) is 15.8. The number of fused-ring (bicyclic) bond motifs is 3. The topological polar surface area (TPSA) is 55.1 Å². The van der Waals surface area contributed by atoms with Gasteiger partial charge in [-0.05, 0) is 60.4 Å². The fourth-order valence-corrected chi connectivity index (χ4v) is 5.40. The third kappa shape index (κ3) is 4.72. The number of aryl methyl sites for hydroxylation is 1. The van der Waals surface area contributed by atoms with Crippen molar-refractivity contribution in [1.29, 1.82) is 0 Å². The van der Waals surface area contributed by atoms with Gasteiger partial charge in [0.2, 0.25) is 0 Å². The van der Waals surface area contributed by atoms with E-state index < -0.39 is 6.04 Å². The summed E-state index contributed by atoms with van der Waals surface area (Å²) >= 11 is 0. The second kappa shape index (κ2) is 10.6. The molecule has 6 nitrogen and oxygen atoms in total. The number of nitrogens with one attached hydrogen (secondary N) is 1. The average molecular weight is 520 g/mol.